The smallest absolute Gasteiger partial charge is 0.187 e. The first-order valence-electron chi connectivity index (χ1n) is 27.8. The molecule has 8 rings (SSSR count). The number of ether oxygens (including phenoxy) is 8. The summed E-state index contributed by atoms with van der Waals surface area (Å²) in [6.45, 7) is 20.6. The Hall–Kier alpha value is -1.50. The number of allylic oxidation sites excluding steroid dienone is 3. The molecule has 18 nitrogen and oxygen atoms in total. The maximum Gasteiger partial charge on any atom is 0.187 e. The second kappa shape index (κ2) is 23.3. The first-order chi connectivity index (χ1) is 35.0. The van der Waals surface area contributed by atoms with E-state index in [2.05, 4.69) is 59.1 Å². The molecule has 10 N–H and O–H groups in total. The topological polar surface area (TPSA) is 276 Å². The first kappa shape index (κ1) is 58.6. The Morgan fingerprint density at radius 1 is 0.730 bits per heavy atom. The maximum atomic E-state index is 11.9. The Bertz CT molecular complexity index is 1910. The number of rotatable bonds is 19. The largest absolute Gasteiger partial charge is 0.394 e. The zero-order valence-corrected chi connectivity index (χ0v) is 44.7. The SMILES string of the molecule is C=C[C@H](CC[C@@H](O[C@@H]1O[C@H](CO[C@H]2O[C@H](CO)[C@@H](O)C[C@H]2O)C[C@H](O)C1O[C@@H]1O[C@H](CO)C[C@H](O)[C@H]1O)C(C)(C)O)C1CC[C@@]2(C=C)C3CC=C4C(CC[C@H](O[C@H]5C[C@@H](O)CC(CO)O5)C4(C)C)[C@]3(C)CC[C@]12C. The van der Waals surface area contributed by atoms with E-state index in [9.17, 15) is 51.1 Å². The van der Waals surface area contributed by atoms with Gasteiger partial charge in [-0.25, -0.2) is 0 Å². The molecule has 3 saturated carbocycles. The molecular formula is C56H92O18. The molecule has 0 spiro atoms. The van der Waals surface area contributed by atoms with Crippen molar-refractivity contribution < 1.29 is 89.0 Å². The van der Waals surface area contributed by atoms with E-state index in [0.29, 0.717) is 37.5 Å². The van der Waals surface area contributed by atoms with Crippen LogP contribution < -0.4 is 0 Å². The summed E-state index contributed by atoms with van der Waals surface area (Å²) >= 11 is 0. The molecule has 4 heterocycles. The van der Waals surface area contributed by atoms with Gasteiger partial charge in [-0.05, 0) is 112 Å². The van der Waals surface area contributed by atoms with Crippen molar-refractivity contribution in [2.75, 3.05) is 26.4 Å². The summed E-state index contributed by atoms with van der Waals surface area (Å²) in [7, 11) is 0. The summed E-state index contributed by atoms with van der Waals surface area (Å²) in [5.74, 6) is 1.00. The van der Waals surface area contributed by atoms with Gasteiger partial charge in [-0.15, -0.1) is 13.2 Å². The van der Waals surface area contributed by atoms with Gasteiger partial charge in [0, 0.05) is 37.5 Å². The van der Waals surface area contributed by atoms with Crippen LogP contribution in [0, 0.1) is 45.3 Å². The van der Waals surface area contributed by atoms with Gasteiger partial charge >= 0.3 is 0 Å². The van der Waals surface area contributed by atoms with Crippen molar-refractivity contribution in [3.63, 3.8) is 0 Å². The fourth-order valence-corrected chi connectivity index (χ4v) is 15.6. The van der Waals surface area contributed by atoms with Crippen molar-refractivity contribution in [3.05, 3.63) is 37.0 Å². The van der Waals surface area contributed by atoms with Gasteiger partial charge in [-0.2, -0.15) is 0 Å². The van der Waals surface area contributed by atoms with Crippen LogP contribution in [-0.2, 0) is 37.9 Å². The lowest BCUT2D eigenvalue weighted by atomic mass is 9.38. The van der Waals surface area contributed by atoms with Crippen molar-refractivity contribution in [2.24, 2.45) is 45.3 Å². The monoisotopic (exact) mass is 1050 g/mol. The van der Waals surface area contributed by atoms with Gasteiger partial charge in [0.1, 0.15) is 24.4 Å². The molecule has 4 aliphatic carbocycles. The summed E-state index contributed by atoms with van der Waals surface area (Å²) in [4.78, 5) is 0. The van der Waals surface area contributed by atoms with Crippen LogP contribution in [0.4, 0.5) is 0 Å². The lowest BCUT2D eigenvalue weighted by molar-refractivity contribution is -0.359. The minimum Gasteiger partial charge on any atom is -0.394 e. The van der Waals surface area contributed by atoms with Crippen LogP contribution in [0.2, 0.25) is 0 Å². The van der Waals surface area contributed by atoms with Gasteiger partial charge in [-0.1, -0.05) is 51.5 Å². The number of aliphatic hydroxyl groups excluding tert-OH is 9. The van der Waals surface area contributed by atoms with Crippen LogP contribution in [-0.4, -0.2) is 188 Å². The standard InChI is InChI=1S/C56H92O18/c1-9-30(35-17-18-56(10-2)43-14-12-36-37(54(43,7)19-20-55(35,56)8)13-16-44(52(36,3)4)72-46-22-31(60)21-32(26-57)68-46)11-15-45(53(5,6)66)73-51-48(74-50-47(65)39(62)23-33(27-58)69-50)40(63)24-34(70-51)29-67-49-41(64)25-38(61)42(28-59)71-49/h9-10,12,30-35,37-51,57-66H,1-2,11,13-29H2,3-8H3/t30-,31+,32?,33+,34+,35?,37?,38+,39+,40+,41-,42-,43?,44+,45-,46+,47-,48?,49+,50+,51+,54+,55-,56+/m1/s1. The molecule has 424 valence electrons. The molecule has 0 bridgehead atoms. The third kappa shape index (κ3) is 11.3. The molecular weight excluding hydrogens is 961 g/mol. The van der Waals surface area contributed by atoms with Crippen LogP contribution in [0.3, 0.4) is 0 Å². The van der Waals surface area contributed by atoms with Crippen molar-refractivity contribution >= 4 is 0 Å². The van der Waals surface area contributed by atoms with Gasteiger partial charge in [0.2, 0.25) is 0 Å². The molecule has 0 radical (unpaired) electrons. The van der Waals surface area contributed by atoms with Crippen LogP contribution in [0.5, 0.6) is 0 Å². The highest BCUT2D eigenvalue weighted by molar-refractivity contribution is 5.32. The van der Waals surface area contributed by atoms with E-state index in [1.54, 1.807) is 13.8 Å². The lowest BCUT2D eigenvalue weighted by Gasteiger charge is -2.66. The molecule has 4 saturated heterocycles. The van der Waals surface area contributed by atoms with Gasteiger partial charge in [0.15, 0.2) is 25.2 Å². The molecule has 5 unspecified atom stereocenters. The molecule has 74 heavy (non-hydrogen) atoms. The van der Waals surface area contributed by atoms with Gasteiger partial charge in [0.25, 0.3) is 0 Å². The number of hydrogen-bond donors (Lipinski definition) is 10. The molecule has 0 aromatic carbocycles. The minimum absolute atomic E-state index is 0.0212. The van der Waals surface area contributed by atoms with Gasteiger partial charge in [-0.3, -0.25) is 0 Å². The Kier molecular flexibility index (Phi) is 18.5. The van der Waals surface area contributed by atoms with E-state index in [0.717, 1.165) is 44.9 Å². The predicted molar refractivity (Wildman–Crippen MR) is 268 cm³/mol. The van der Waals surface area contributed by atoms with Crippen LogP contribution in [0.25, 0.3) is 0 Å². The van der Waals surface area contributed by atoms with Gasteiger partial charge < -0.3 is 89.0 Å². The molecule has 8 aliphatic rings. The van der Waals surface area contributed by atoms with Crippen molar-refractivity contribution in [1.82, 2.24) is 0 Å². The van der Waals surface area contributed by atoms with E-state index in [1.807, 2.05) is 0 Å². The number of aliphatic hydroxyl groups is 10. The highest BCUT2D eigenvalue weighted by Gasteiger charge is 2.68. The third-order valence-electron chi connectivity index (χ3n) is 19.9. The highest BCUT2D eigenvalue weighted by Crippen LogP contribution is 2.75. The summed E-state index contributed by atoms with van der Waals surface area (Å²) < 4.78 is 49.5. The van der Waals surface area contributed by atoms with Crippen LogP contribution >= 0.6 is 0 Å². The minimum atomic E-state index is -1.52. The second-order valence-electron chi connectivity index (χ2n) is 25.0. The molecule has 7 fully saturated rings. The second-order valence-corrected chi connectivity index (χ2v) is 25.0. The Morgan fingerprint density at radius 2 is 1.43 bits per heavy atom. The molecule has 0 aromatic rings. The predicted octanol–water partition coefficient (Wildman–Crippen LogP) is 3.28. The fraction of sp³-hybridized carbons (Fsp3) is 0.893. The van der Waals surface area contributed by atoms with Crippen molar-refractivity contribution in [3.8, 4) is 0 Å². The van der Waals surface area contributed by atoms with Crippen LogP contribution in [0.15, 0.2) is 37.0 Å². The van der Waals surface area contributed by atoms with E-state index in [4.69, 9.17) is 37.9 Å². The fourth-order valence-electron chi connectivity index (χ4n) is 15.6. The summed E-state index contributed by atoms with van der Waals surface area (Å²) in [6, 6.07) is 0. The Balaban J connectivity index is 0.982. The normalized spacial score (nSPS) is 47.4. The highest BCUT2D eigenvalue weighted by atomic mass is 16.8. The zero-order valence-electron chi connectivity index (χ0n) is 44.7. The number of hydrogen-bond acceptors (Lipinski definition) is 18. The first-order valence-corrected chi connectivity index (χ1v) is 27.8. The maximum absolute atomic E-state index is 11.9. The van der Waals surface area contributed by atoms with Gasteiger partial charge in [0.05, 0.1) is 87.0 Å². The lowest BCUT2D eigenvalue weighted by Crippen LogP contribution is -2.60. The molecule has 0 aromatic heterocycles. The molecule has 24 atom stereocenters. The van der Waals surface area contributed by atoms with Crippen molar-refractivity contribution in [1.29, 1.82) is 0 Å². The van der Waals surface area contributed by atoms with Crippen LogP contribution in [0.1, 0.15) is 131 Å². The third-order valence-corrected chi connectivity index (χ3v) is 19.9. The Labute approximate surface area is 438 Å². The molecule has 0 amide bonds. The number of fused-ring (bicyclic) bond motifs is 5. The summed E-state index contributed by atoms with van der Waals surface area (Å²) in [6.07, 6.45) is -1.78. The van der Waals surface area contributed by atoms with E-state index in [1.165, 1.54) is 5.57 Å². The average molecular weight is 1050 g/mol. The average Bonchev–Trinajstić information content (AvgIpc) is 3.66. The van der Waals surface area contributed by atoms with E-state index < -0.39 is 117 Å². The summed E-state index contributed by atoms with van der Waals surface area (Å²) in [5, 5.41) is 106. The Morgan fingerprint density at radius 3 is 2.11 bits per heavy atom. The van der Waals surface area contributed by atoms with E-state index in [-0.39, 0.29) is 72.1 Å². The van der Waals surface area contributed by atoms with Crippen molar-refractivity contribution in [2.45, 2.75) is 242 Å². The van der Waals surface area contributed by atoms with E-state index >= 15 is 0 Å². The summed E-state index contributed by atoms with van der Waals surface area (Å²) in [5.41, 5.74) is -0.494. The quantitative estimate of drug-likeness (QED) is 0.0832. The molecule has 4 aliphatic heterocycles. The molecule has 18 heteroatoms. The zero-order chi connectivity index (χ0) is 53.7.